The summed E-state index contributed by atoms with van der Waals surface area (Å²) in [6.07, 6.45) is -4.19. The fourth-order valence-corrected chi connectivity index (χ4v) is 5.25. The second kappa shape index (κ2) is 7.80. The number of imidazole rings is 1. The summed E-state index contributed by atoms with van der Waals surface area (Å²) in [5.41, 5.74) is 6.03. The smallest absolute Gasteiger partial charge is 0.387 e. The summed E-state index contributed by atoms with van der Waals surface area (Å²) >= 11 is 10.2. The summed E-state index contributed by atoms with van der Waals surface area (Å²) in [5, 5.41) is 20.3. The summed E-state index contributed by atoms with van der Waals surface area (Å²) in [4.78, 5) is 38.8. The first-order valence-electron chi connectivity index (χ1n) is 7.29. The number of nitrogens with two attached hydrogens (primary N) is 1. The summed E-state index contributed by atoms with van der Waals surface area (Å²) in [6.45, 7) is -4.95. The van der Waals surface area contributed by atoms with Gasteiger partial charge in [-0.1, -0.05) is 0 Å². The number of hydrogen-bond acceptors (Lipinski definition) is 11. The SMILES string of the molecule is Nc1nc(Cl)nc2c1ncn2[C@@H]1O[C@H](COP(O)(=S)OP(=O)(O)O)[C@@H](O)[C@H]1O. The van der Waals surface area contributed by atoms with Gasteiger partial charge in [-0.15, -0.1) is 0 Å². The molecule has 1 unspecified atom stereocenters. The number of nitrogen functional groups attached to an aromatic ring is 1. The number of halogens is 1. The lowest BCUT2D eigenvalue weighted by Crippen LogP contribution is -2.33. The van der Waals surface area contributed by atoms with Gasteiger partial charge >= 0.3 is 14.5 Å². The molecule has 0 bridgehead atoms. The van der Waals surface area contributed by atoms with Gasteiger partial charge in [-0.05, 0) is 23.4 Å². The van der Waals surface area contributed by atoms with Crippen molar-refractivity contribution in [3.05, 3.63) is 11.6 Å². The van der Waals surface area contributed by atoms with Gasteiger partial charge < -0.3 is 39.9 Å². The Balaban J connectivity index is 1.78. The first-order valence-corrected chi connectivity index (χ1v) is 11.8. The van der Waals surface area contributed by atoms with Crippen LogP contribution in [-0.4, -0.2) is 69.3 Å². The largest absolute Gasteiger partial charge is 0.476 e. The highest BCUT2D eigenvalue weighted by Crippen LogP contribution is 2.58. The van der Waals surface area contributed by atoms with Gasteiger partial charge in [0.2, 0.25) is 5.28 Å². The van der Waals surface area contributed by atoms with Crippen molar-refractivity contribution in [2.45, 2.75) is 24.5 Å². The second-order valence-electron chi connectivity index (χ2n) is 5.58. The Morgan fingerprint density at radius 3 is 2.64 bits per heavy atom. The lowest BCUT2D eigenvalue weighted by atomic mass is 10.1. The Kier molecular flexibility index (Phi) is 6.10. The van der Waals surface area contributed by atoms with Crippen LogP contribution in [0.3, 0.4) is 0 Å². The van der Waals surface area contributed by atoms with Crippen LogP contribution in [0.4, 0.5) is 5.82 Å². The molecule has 1 aliphatic heterocycles. The maximum atomic E-state index is 10.8. The van der Waals surface area contributed by atoms with Crippen molar-refractivity contribution in [1.29, 1.82) is 0 Å². The number of rotatable bonds is 6. The minimum Gasteiger partial charge on any atom is -0.387 e. The Labute approximate surface area is 166 Å². The highest BCUT2D eigenvalue weighted by Gasteiger charge is 2.45. The third kappa shape index (κ3) is 4.67. The van der Waals surface area contributed by atoms with E-state index in [1.165, 1.54) is 10.9 Å². The van der Waals surface area contributed by atoms with Crippen molar-refractivity contribution >= 4 is 54.9 Å². The van der Waals surface area contributed by atoms with E-state index in [0.717, 1.165) is 0 Å². The van der Waals surface area contributed by atoms with Gasteiger partial charge in [0.1, 0.15) is 23.8 Å². The van der Waals surface area contributed by atoms with E-state index in [-0.39, 0.29) is 22.3 Å². The van der Waals surface area contributed by atoms with Gasteiger partial charge in [0, 0.05) is 0 Å². The maximum Gasteiger partial charge on any atom is 0.476 e. The maximum absolute atomic E-state index is 10.8. The molecule has 1 fully saturated rings. The lowest BCUT2D eigenvalue weighted by molar-refractivity contribution is -0.0486. The normalized spacial score (nSPS) is 27.9. The number of hydrogen-bond donors (Lipinski definition) is 6. The minimum absolute atomic E-state index is 0.00257. The zero-order chi connectivity index (χ0) is 20.9. The highest BCUT2D eigenvalue weighted by molar-refractivity contribution is 8.08. The molecule has 0 saturated carbocycles. The number of ether oxygens (including phenoxy) is 1. The molecule has 2 aromatic heterocycles. The van der Waals surface area contributed by atoms with Crippen LogP contribution in [-0.2, 0) is 29.9 Å². The molecule has 5 atom stereocenters. The topological polar surface area (TPSA) is 216 Å². The van der Waals surface area contributed by atoms with Crippen LogP contribution < -0.4 is 5.73 Å². The molecule has 2 aromatic rings. The average Bonchev–Trinajstić information content (AvgIpc) is 3.06. The summed E-state index contributed by atoms with van der Waals surface area (Å²) in [6, 6.07) is 0. The van der Waals surface area contributed by atoms with Crippen LogP contribution in [0.1, 0.15) is 6.23 Å². The van der Waals surface area contributed by atoms with Crippen molar-refractivity contribution in [2.24, 2.45) is 0 Å². The summed E-state index contributed by atoms with van der Waals surface area (Å²) < 4.78 is 26.3. The van der Waals surface area contributed by atoms with E-state index < -0.39 is 45.7 Å². The Hall–Kier alpha value is -0.800. The molecular weight excluding hydrogens is 464 g/mol. The predicted molar refractivity (Wildman–Crippen MR) is 96.3 cm³/mol. The van der Waals surface area contributed by atoms with Crippen LogP contribution in [0.5, 0.6) is 0 Å². The van der Waals surface area contributed by atoms with Crippen LogP contribution in [0.15, 0.2) is 6.33 Å². The van der Waals surface area contributed by atoms with Crippen molar-refractivity contribution in [3.8, 4) is 0 Å². The lowest BCUT2D eigenvalue weighted by Gasteiger charge is -2.19. The first kappa shape index (κ1) is 21.9. The zero-order valence-electron chi connectivity index (χ0n) is 13.5. The molecule has 14 nitrogen and oxygen atoms in total. The van der Waals surface area contributed by atoms with E-state index in [4.69, 9.17) is 36.4 Å². The van der Waals surface area contributed by atoms with Crippen molar-refractivity contribution < 1.29 is 43.0 Å². The number of phosphoric acid groups is 1. The first-order chi connectivity index (χ1) is 12.9. The molecule has 28 heavy (non-hydrogen) atoms. The molecule has 1 saturated heterocycles. The Morgan fingerprint density at radius 2 is 2.00 bits per heavy atom. The van der Waals surface area contributed by atoms with Gasteiger partial charge in [-0.2, -0.15) is 9.97 Å². The van der Waals surface area contributed by atoms with Gasteiger partial charge in [0.05, 0.1) is 12.9 Å². The van der Waals surface area contributed by atoms with E-state index in [0.29, 0.717) is 0 Å². The van der Waals surface area contributed by atoms with E-state index in [1.807, 2.05) is 0 Å². The standard InChI is InChI=1S/C10H14ClN5O9P2S/c11-10-14-7(12)4-8(15-10)16(2-13-4)9-6(18)5(17)3(24-9)1-23-27(22,28)25-26(19,20)21/h2-3,5-6,9,17-18H,1H2,(H,22,28)(H2,12,14,15)(H2,19,20,21)/t3-,5-,6-,9-,27?/m1/s1. The molecule has 18 heteroatoms. The number of aliphatic hydroxyl groups is 2. The third-order valence-electron chi connectivity index (χ3n) is 3.64. The third-order valence-corrected chi connectivity index (χ3v) is 6.88. The molecule has 156 valence electrons. The molecule has 0 spiro atoms. The van der Waals surface area contributed by atoms with Crippen molar-refractivity contribution in [1.82, 2.24) is 19.5 Å². The van der Waals surface area contributed by atoms with Gasteiger partial charge in [-0.3, -0.25) is 4.57 Å². The van der Waals surface area contributed by atoms with Gasteiger partial charge in [0.15, 0.2) is 17.7 Å². The average molecular weight is 478 g/mol. The molecule has 0 amide bonds. The summed E-state index contributed by atoms with van der Waals surface area (Å²) in [5.74, 6) is -0.00257. The van der Waals surface area contributed by atoms with Crippen molar-refractivity contribution in [3.63, 3.8) is 0 Å². The monoisotopic (exact) mass is 477 g/mol. The van der Waals surface area contributed by atoms with Crippen LogP contribution in [0.25, 0.3) is 11.2 Å². The molecule has 1 aliphatic rings. The van der Waals surface area contributed by atoms with E-state index in [2.05, 4.69) is 31.1 Å². The molecule has 0 radical (unpaired) electrons. The predicted octanol–water partition coefficient (Wildman–Crippen LogP) is -0.976. The second-order valence-corrected chi connectivity index (χ2v) is 10.1. The number of aliphatic hydroxyl groups excluding tert-OH is 2. The van der Waals surface area contributed by atoms with E-state index in [9.17, 15) is 19.7 Å². The Bertz CT molecular complexity index is 988. The summed E-state index contributed by atoms with van der Waals surface area (Å²) in [7, 11) is -5.10. The fraction of sp³-hybridized carbons (Fsp3) is 0.500. The van der Waals surface area contributed by atoms with Crippen LogP contribution in [0.2, 0.25) is 5.28 Å². The zero-order valence-corrected chi connectivity index (χ0v) is 16.9. The molecule has 3 heterocycles. The Morgan fingerprint density at radius 1 is 1.32 bits per heavy atom. The minimum atomic E-state index is -5.10. The number of nitrogens with zero attached hydrogens (tertiary/aromatic N) is 4. The van der Waals surface area contributed by atoms with Gasteiger partial charge in [0.25, 0.3) is 0 Å². The highest BCUT2D eigenvalue weighted by atomic mass is 35.5. The number of fused-ring (bicyclic) bond motifs is 1. The molecule has 0 aliphatic carbocycles. The van der Waals surface area contributed by atoms with Crippen LogP contribution in [0, 0.1) is 0 Å². The molecular formula is C10H14ClN5O9P2S. The number of aromatic nitrogens is 4. The van der Waals surface area contributed by atoms with E-state index in [1.54, 1.807) is 0 Å². The van der Waals surface area contributed by atoms with Crippen molar-refractivity contribution in [2.75, 3.05) is 12.3 Å². The van der Waals surface area contributed by atoms with Gasteiger partial charge in [-0.25, -0.2) is 13.9 Å². The molecule has 3 rings (SSSR count). The van der Waals surface area contributed by atoms with Crippen LogP contribution >= 0.6 is 26.1 Å². The quantitative estimate of drug-likeness (QED) is 0.218. The molecule has 0 aromatic carbocycles. The fourth-order valence-electron chi connectivity index (χ4n) is 2.52. The number of anilines is 1. The van der Waals surface area contributed by atoms with E-state index >= 15 is 0 Å². The molecule has 7 N–H and O–H groups in total.